The number of primary amides is 1. The van der Waals surface area contributed by atoms with Gasteiger partial charge in [-0.25, -0.2) is 4.98 Å². The van der Waals surface area contributed by atoms with Gasteiger partial charge < -0.3 is 15.4 Å². The summed E-state index contributed by atoms with van der Waals surface area (Å²) >= 11 is 2.68. The van der Waals surface area contributed by atoms with E-state index in [9.17, 15) is 14.4 Å². The van der Waals surface area contributed by atoms with E-state index < -0.39 is 5.91 Å². The second-order valence-corrected chi connectivity index (χ2v) is 9.34. The van der Waals surface area contributed by atoms with Gasteiger partial charge in [-0.2, -0.15) is 0 Å². The first-order chi connectivity index (χ1) is 15.3. The number of nitrogens with two attached hydrogens (primary N) is 1. The van der Waals surface area contributed by atoms with Crippen LogP contribution in [-0.2, 0) is 20.9 Å². The molecule has 0 atom stereocenters. The topological polar surface area (TPSA) is 108 Å². The highest BCUT2D eigenvalue weighted by Crippen LogP contribution is 2.28. The molecule has 2 heterocycles. The Hall–Kier alpha value is -2.69. The minimum absolute atomic E-state index is 0.0573. The molecular weight excluding hydrogens is 448 g/mol. The summed E-state index contributed by atoms with van der Waals surface area (Å²) in [6.45, 7) is 4.77. The van der Waals surface area contributed by atoms with E-state index in [4.69, 9.17) is 15.5 Å². The van der Waals surface area contributed by atoms with Crippen molar-refractivity contribution in [3.8, 4) is 0 Å². The molecule has 0 saturated heterocycles. The molecule has 1 aromatic carbocycles. The fourth-order valence-corrected chi connectivity index (χ4v) is 5.20. The summed E-state index contributed by atoms with van der Waals surface area (Å²) in [6, 6.07) is 9.12. The Bertz CT molecular complexity index is 1170. The number of thiophene rings is 1. The van der Waals surface area contributed by atoms with E-state index in [1.165, 1.54) is 28.0 Å². The van der Waals surface area contributed by atoms with Crippen molar-refractivity contribution in [1.82, 2.24) is 9.55 Å². The zero-order valence-electron chi connectivity index (χ0n) is 18.3. The van der Waals surface area contributed by atoms with Crippen LogP contribution in [0.15, 0.2) is 40.3 Å². The Morgan fingerprint density at radius 3 is 2.62 bits per heavy atom. The van der Waals surface area contributed by atoms with Crippen molar-refractivity contribution < 1.29 is 14.3 Å². The molecule has 0 spiro atoms. The molecule has 0 radical (unpaired) electrons. The fourth-order valence-electron chi connectivity index (χ4n) is 3.23. The van der Waals surface area contributed by atoms with Gasteiger partial charge in [-0.3, -0.25) is 19.0 Å². The molecule has 0 aliphatic carbocycles. The molecule has 0 saturated carbocycles. The minimum atomic E-state index is -0.477. The summed E-state index contributed by atoms with van der Waals surface area (Å²) in [7, 11) is 1.57. The number of benzene rings is 1. The third-order valence-electron chi connectivity index (χ3n) is 5.05. The fraction of sp³-hybridized carbons (Fsp3) is 0.364. The Morgan fingerprint density at radius 1 is 1.25 bits per heavy atom. The van der Waals surface area contributed by atoms with Gasteiger partial charge in [0.2, 0.25) is 11.8 Å². The van der Waals surface area contributed by atoms with E-state index in [1.807, 2.05) is 32.0 Å². The van der Waals surface area contributed by atoms with Gasteiger partial charge in [-0.05, 0) is 31.5 Å². The Kier molecular flexibility index (Phi) is 8.05. The van der Waals surface area contributed by atoms with E-state index in [1.54, 1.807) is 23.8 Å². The second-order valence-electron chi connectivity index (χ2n) is 7.19. The van der Waals surface area contributed by atoms with Crippen LogP contribution in [0, 0.1) is 13.8 Å². The second kappa shape index (κ2) is 10.8. The molecule has 2 aromatic heterocycles. The van der Waals surface area contributed by atoms with Crippen LogP contribution in [0.4, 0.5) is 5.69 Å². The number of para-hydroxylation sites is 1. The average molecular weight is 475 g/mol. The lowest BCUT2D eigenvalue weighted by Gasteiger charge is -2.22. The van der Waals surface area contributed by atoms with Crippen molar-refractivity contribution in [3.05, 3.63) is 51.1 Å². The third kappa shape index (κ3) is 5.37. The summed E-state index contributed by atoms with van der Waals surface area (Å²) in [5.74, 6) is -0.619. The molecule has 0 fully saturated rings. The van der Waals surface area contributed by atoms with E-state index in [-0.39, 0.29) is 30.2 Å². The van der Waals surface area contributed by atoms with Gasteiger partial charge in [0.05, 0.1) is 24.3 Å². The number of fused-ring (bicyclic) bond motifs is 1. The highest BCUT2D eigenvalue weighted by molar-refractivity contribution is 7.99. The maximum absolute atomic E-state index is 13.2. The van der Waals surface area contributed by atoms with E-state index in [0.717, 1.165) is 10.4 Å². The highest BCUT2D eigenvalue weighted by atomic mass is 32.2. The molecule has 2 amide bonds. The molecule has 170 valence electrons. The van der Waals surface area contributed by atoms with Gasteiger partial charge in [0.1, 0.15) is 4.83 Å². The Labute approximate surface area is 194 Å². The van der Waals surface area contributed by atoms with Crippen LogP contribution in [0.5, 0.6) is 0 Å². The predicted molar refractivity (Wildman–Crippen MR) is 129 cm³/mol. The number of nitrogens with zero attached hydrogens (tertiary/aromatic N) is 3. The summed E-state index contributed by atoms with van der Waals surface area (Å²) in [5.41, 5.74) is 6.78. The van der Waals surface area contributed by atoms with Crippen molar-refractivity contribution in [2.75, 3.05) is 30.9 Å². The zero-order valence-corrected chi connectivity index (χ0v) is 19.9. The van der Waals surface area contributed by atoms with Gasteiger partial charge in [-0.1, -0.05) is 30.0 Å². The first-order valence-corrected chi connectivity index (χ1v) is 11.9. The van der Waals surface area contributed by atoms with Crippen LogP contribution in [0.1, 0.15) is 16.9 Å². The summed E-state index contributed by atoms with van der Waals surface area (Å²) in [6.07, 6.45) is 0.0573. The van der Waals surface area contributed by atoms with Crippen LogP contribution in [-0.4, -0.2) is 47.4 Å². The van der Waals surface area contributed by atoms with Gasteiger partial charge in [0, 0.05) is 30.6 Å². The van der Waals surface area contributed by atoms with Crippen LogP contribution in [0.25, 0.3) is 10.2 Å². The Morgan fingerprint density at radius 2 is 1.97 bits per heavy atom. The van der Waals surface area contributed by atoms with Crippen molar-refractivity contribution in [3.63, 3.8) is 0 Å². The number of carbonyl (C=O) groups excluding carboxylic acids is 2. The molecule has 3 aromatic rings. The van der Waals surface area contributed by atoms with Crippen LogP contribution in [0.3, 0.4) is 0 Å². The van der Waals surface area contributed by atoms with Gasteiger partial charge in [0.15, 0.2) is 5.16 Å². The van der Waals surface area contributed by atoms with Crippen molar-refractivity contribution >= 4 is 50.8 Å². The monoisotopic (exact) mass is 474 g/mol. The van der Waals surface area contributed by atoms with Crippen LogP contribution < -0.4 is 16.2 Å². The summed E-state index contributed by atoms with van der Waals surface area (Å²) in [4.78, 5) is 45.5. The van der Waals surface area contributed by atoms with Gasteiger partial charge in [0.25, 0.3) is 5.56 Å². The number of thioether (sulfide) groups is 1. The van der Waals surface area contributed by atoms with E-state index in [0.29, 0.717) is 34.2 Å². The SMILES string of the molecule is COCCn1c(SCC(=O)N(CCC(N)=O)c2ccccc2)nc2sc(C)c(C)c2c1=O. The molecule has 0 aliphatic heterocycles. The van der Waals surface area contributed by atoms with Gasteiger partial charge in [-0.15, -0.1) is 11.3 Å². The smallest absolute Gasteiger partial charge is 0.263 e. The molecule has 0 unspecified atom stereocenters. The highest BCUT2D eigenvalue weighted by Gasteiger charge is 2.20. The molecule has 0 aliphatic rings. The lowest BCUT2D eigenvalue weighted by atomic mass is 10.2. The summed E-state index contributed by atoms with van der Waals surface area (Å²) in [5, 5.41) is 1.09. The first kappa shape index (κ1) is 24.0. The van der Waals surface area contributed by atoms with E-state index >= 15 is 0 Å². The van der Waals surface area contributed by atoms with E-state index in [2.05, 4.69) is 0 Å². The normalized spacial score (nSPS) is 11.1. The van der Waals surface area contributed by atoms with Crippen LogP contribution in [0.2, 0.25) is 0 Å². The number of methoxy groups -OCH3 is 1. The number of aromatic nitrogens is 2. The standard InChI is InChI=1S/C22H26N4O4S2/c1-14-15(2)32-20-19(14)21(29)26(11-12-30-3)22(24-20)31-13-18(28)25(10-9-17(23)27)16-7-5-4-6-8-16/h4-8H,9-13H2,1-3H3,(H2,23,27). The average Bonchev–Trinajstić information content (AvgIpc) is 3.06. The zero-order chi connectivity index (χ0) is 23.3. The molecule has 10 heteroatoms. The molecular formula is C22H26N4O4S2. The molecule has 32 heavy (non-hydrogen) atoms. The molecule has 3 rings (SSSR count). The van der Waals surface area contributed by atoms with Crippen molar-refractivity contribution in [2.24, 2.45) is 5.73 Å². The predicted octanol–water partition coefficient (Wildman–Crippen LogP) is 2.72. The Balaban J connectivity index is 1.89. The van der Waals surface area contributed by atoms with Gasteiger partial charge >= 0.3 is 0 Å². The molecule has 0 bridgehead atoms. The maximum Gasteiger partial charge on any atom is 0.263 e. The number of anilines is 1. The van der Waals surface area contributed by atoms with Crippen molar-refractivity contribution in [2.45, 2.75) is 32.0 Å². The summed E-state index contributed by atoms with van der Waals surface area (Å²) < 4.78 is 6.73. The number of hydrogen-bond donors (Lipinski definition) is 1. The number of carbonyl (C=O) groups is 2. The minimum Gasteiger partial charge on any atom is -0.383 e. The number of amides is 2. The lowest BCUT2D eigenvalue weighted by Crippen LogP contribution is -2.35. The quantitative estimate of drug-likeness (QED) is 0.358. The number of hydrogen-bond acceptors (Lipinski definition) is 7. The van der Waals surface area contributed by atoms with Crippen molar-refractivity contribution in [1.29, 1.82) is 0 Å². The number of aryl methyl sites for hydroxylation is 2. The maximum atomic E-state index is 13.2. The molecule has 2 N–H and O–H groups in total. The lowest BCUT2D eigenvalue weighted by molar-refractivity contribution is -0.118. The molecule has 8 nitrogen and oxygen atoms in total. The first-order valence-electron chi connectivity index (χ1n) is 10.1. The number of rotatable bonds is 10. The van der Waals surface area contributed by atoms with Crippen LogP contribution >= 0.6 is 23.1 Å². The third-order valence-corrected chi connectivity index (χ3v) is 7.11. The largest absolute Gasteiger partial charge is 0.383 e. The number of ether oxygens (including phenoxy) is 1.